The standard InChI is InChI=1S/C24H26N2O4/c1-25(2)14-15-26-22(18-10-7-11-19(16-18)30-3)21(23(28)24(26)29)20(27)13-12-17-8-5-4-6-9-17/h4-13,16,22,28H,14-15H2,1-3H3. The van der Waals surface area contributed by atoms with E-state index >= 15 is 0 Å². The van der Waals surface area contributed by atoms with E-state index in [1.807, 2.05) is 55.4 Å². The minimum absolute atomic E-state index is 0.0826. The van der Waals surface area contributed by atoms with Crippen molar-refractivity contribution in [3.05, 3.63) is 83.1 Å². The van der Waals surface area contributed by atoms with Crippen molar-refractivity contribution >= 4 is 17.8 Å². The van der Waals surface area contributed by atoms with Gasteiger partial charge in [0, 0.05) is 13.1 Å². The molecular weight excluding hydrogens is 380 g/mol. The molecule has 2 aromatic rings. The van der Waals surface area contributed by atoms with Gasteiger partial charge in [-0.1, -0.05) is 48.5 Å². The van der Waals surface area contributed by atoms with E-state index in [2.05, 4.69) is 0 Å². The number of aliphatic hydroxyl groups excluding tert-OH is 1. The molecule has 1 N–H and O–H groups in total. The molecule has 30 heavy (non-hydrogen) atoms. The molecule has 0 saturated heterocycles. The largest absolute Gasteiger partial charge is 0.503 e. The van der Waals surface area contributed by atoms with Crippen LogP contribution >= 0.6 is 0 Å². The number of aliphatic hydroxyl groups is 1. The van der Waals surface area contributed by atoms with Crippen molar-refractivity contribution in [1.82, 2.24) is 9.80 Å². The highest BCUT2D eigenvalue weighted by atomic mass is 16.5. The summed E-state index contributed by atoms with van der Waals surface area (Å²) >= 11 is 0. The van der Waals surface area contributed by atoms with Crippen LogP contribution in [0.5, 0.6) is 5.75 Å². The van der Waals surface area contributed by atoms with Gasteiger partial charge < -0.3 is 19.6 Å². The second kappa shape index (κ2) is 9.41. The minimum Gasteiger partial charge on any atom is -0.503 e. The Morgan fingerprint density at radius 1 is 1.17 bits per heavy atom. The Morgan fingerprint density at radius 2 is 1.90 bits per heavy atom. The maximum Gasteiger partial charge on any atom is 0.290 e. The lowest BCUT2D eigenvalue weighted by Crippen LogP contribution is -2.36. The Kier molecular flexibility index (Phi) is 6.69. The molecule has 0 spiro atoms. The number of carbonyl (C=O) groups excluding carboxylic acids is 2. The van der Waals surface area contributed by atoms with Gasteiger partial charge in [0.25, 0.3) is 5.91 Å². The number of ether oxygens (including phenoxy) is 1. The predicted molar refractivity (Wildman–Crippen MR) is 116 cm³/mol. The molecule has 2 aromatic carbocycles. The Balaban J connectivity index is 1.99. The molecule has 3 rings (SSSR count). The quantitative estimate of drug-likeness (QED) is 0.682. The maximum atomic E-state index is 13.1. The average Bonchev–Trinajstić information content (AvgIpc) is 3.01. The lowest BCUT2D eigenvalue weighted by molar-refractivity contribution is -0.129. The molecule has 0 aliphatic carbocycles. The summed E-state index contributed by atoms with van der Waals surface area (Å²) in [4.78, 5) is 29.4. The summed E-state index contributed by atoms with van der Waals surface area (Å²) in [6, 6.07) is 15.9. The molecule has 156 valence electrons. The van der Waals surface area contributed by atoms with Crippen molar-refractivity contribution in [2.24, 2.45) is 0 Å². The van der Waals surface area contributed by atoms with Gasteiger partial charge in [0.05, 0.1) is 18.7 Å². The van der Waals surface area contributed by atoms with Crippen LogP contribution in [0.2, 0.25) is 0 Å². The van der Waals surface area contributed by atoms with Crippen LogP contribution in [0, 0.1) is 0 Å². The number of hydrogen-bond acceptors (Lipinski definition) is 5. The number of carbonyl (C=O) groups is 2. The third kappa shape index (κ3) is 4.60. The molecule has 1 aliphatic heterocycles. The van der Waals surface area contributed by atoms with E-state index in [1.165, 1.54) is 11.0 Å². The summed E-state index contributed by atoms with van der Waals surface area (Å²) in [6.45, 7) is 0.970. The zero-order chi connectivity index (χ0) is 21.7. The van der Waals surface area contributed by atoms with Gasteiger partial charge >= 0.3 is 0 Å². The zero-order valence-electron chi connectivity index (χ0n) is 17.4. The van der Waals surface area contributed by atoms with Gasteiger partial charge in [0.2, 0.25) is 0 Å². The number of amides is 1. The summed E-state index contributed by atoms with van der Waals surface area (Å²) in [7, 11) is 5.37. The third-order valence-corrected chi connectivity index (χ3v) is 4.99. The first-order chi connectivity index (χ1) is 14.4. The highest BCUT2D eigenvalue weighted by molar-refractivity contribution is 6.14. The molecule has 1 aliphatic rings. The molecule has 0 bridgehead atoms. The Morgan fingerprint density at radius 3 is 2.57 bits per heavy atom. The summed E-state index contributed by atoms with van der Waals surface area (Å²) in [5, 5.41) is 10.6. The fourth-order valence-electron chi connectivity index (χ4n) is 3.43. The molecule has 0 radical (unpaired) electrons. The Bertz CT molecular complexity index is 980. The molecule has 1 unspecified atom stereocenters. The van der Waals surface area contributed by atoms with Crippen molar-refractivity contribution in [2.45, 2.75) is 6.04 Å². The number of benzene rings is 2. The molecule has 0 fully saturated rings. The molecule has 0 aromatic heterocycles. The van der Waals surface area contributed by atoms with E-state index in [-0.39, 0.29) is 5.57 Å². The molecule has 1 amide bonds. The van der Waals surface area contributed by atoms with E-state index in [1.54, 1.807) is 31.4 Å². The zero-order valence-corrected chi connectivity index (χ0v) is 17.4. The number of allylic oxidation sites excluding steroid dienone is 1. The number of likely N-dealkylation sites (N-methyl/N-ethyl adjacent to an activating group) is 1. The third-order valence-electron chi connectivity index (χ3n) is 4.99. The first-order valence-corrected chi connectivity index (χ1v) is 9.72. The van der Waals surface area contributed by atoms with Crippen LogP contribution in [-0.4, -0.2) is 60.9 Å². The van der Waals surface area contributed by atoms with E-state index < -0.39 is 23.5 Å². The fraction of sp³-hybridized carbons (Fsp3) is 0.250. The normalized spacial score (nSPS) is 16.7. The van der Waals surface area contributed by atoms with Crippen LogP contribution in [0.3, 0.4) is 0 Å². The van der Waals surface area contributed by atoms with Crippen LogP contribution in [0.1, 0.15) is 17.2 Å². The van der Waals surface area contributed by atoms with Gasteiger partial charge in [-0.3, -0.25) is 9.59 Å². The van der Waals surface area contributed by atoms with Crippen LogP contribution in [0.4, 0.5) is 0 Å². The van der Waals surface area contributed by atoms with Crippen LogP contribution in [0.25, 0.3) is 6.08 Å². The summed E-state index contributed by atoms with van der Waals surface area (Å²) in [5.74, 6) is -0.819. The van der Waals surface area contributed by atoms with Gasteiger partial charge in [0.1, 0.15) is 5.75 Å². The second-order valence-electron chi connectivity index (χ2n) is 7.35. The van der Waals surface area contributed by atoms with Gasteiger partial charge in [-0.05, 0) is 43.4 Å². The monoisotopic (exact) mass is 406 g/mol. The molecule has 1 heterocycles. The lowest BCUT2D eigenvalue weighted by Gasteiger charge is -2.28. The lowest BCUT2D eigenvalue weighted by atomic mass is 9.95. The summed E-state index contributed by atoms with van der Waals surface area (Å²) in [5.41, 5.74) is 1.65. The number of methoxy groups -OCH3 is 1. The highest BCUT2D eigenvalue weighted by Crippen LogP contribution is 2.38. The van der Waals surface area contributed by atoms with Gasteiger partial charge in [-0.25, -0.2) is 0 Å². The van der Waals surface area contributed by atoms with Crippen molar-refractivity contribution in [3.8, 4) is 5.75 Å². The molecule has 0 saturated carbocycles. The SMILES string of the molecule is COc1cccc(C2C(C(=O)C=Cc3ccccc3)=C(O)C(=O)N2CCN(C)C)c1. The number of nitrogens with zero attached hydrogens (tertiary/aromatic N) is 2. The van der Waals surface area contributed by atoms with Crippen LogP contribution < -0.4 is 4.74 Å². The van der Waals surface area contributed by atoms with Crippen molar-refractivity contribution in [1.29, 1.82) is 0 Å². The molecule has 6 nitrogen and oxygen atoms in total. The molecule has 6 heteroatoms. The number of rotatable bonds is 8. The fourth-order valence-corrected chi connectivity index (χ4v) is 3.43. The molecular formula is C24H26N2O4. The van der Waals surface area contributed by atoms with E-state index in [0.29, 0.717) is 24.4 Å². The van der Waals surface area contributed by atoms with Gasteiger partial charge in [-0.2, -0.15) is 0 Å². The van der Waals surface area contributed by atoms with Crippen LogP contribution in [0.15, 0.2) is 72.0 Å². The smallest absolute Gasteiger partial charge is 0.290 e. The van der Waals surface area contributed by atoms with Crippen molar-refractivity contribution in [2.75, 3.05) is 34.3 Å². The first kappa shape index (κ1) is 21.3. The highest BCUT2D eigenvalue weighted by Gasteiger charge is 2.42. The number of ketones is 1. The van der Waals surface area contributed by atoms with Gasteiger partial charge in [0.15, 0.2) is 11.5 Å². The predicted octanol–water partition coefficient (Wildman–Crippen LogP) is 3.23. The first-order valence-electron chi connectivity index (χ1n) is 9.72. The minimum atomic E-state index is -0.680. The summed E-state index contributed by atoms with van der Waals surface area (Å²) in [6.07, 6.45) is 3.08. The Labute approximate surface area is 176 Å². The van der Waals surface area contributed by atoms with Crippen molar-refractivity contribution < 1.29 is 19.4 Å². The van der Waals surface area contributed by atoms with Gasteiger partial charge in [-0.15, -0.1) is 0 Å². The van der Waals surface area contributed by atoms with E-state index in [9.17, 15) is 14.7 Å². The summed E-state index contributed by atoms with van der Waals surface area (Å²) < 4.78 is 5.31. The topological polar surface area (TPSA) is 70.1 Å². The van der Waals surface area contributed by atoms with Crippen LogP contribution in [-0.2, 0) is 9.59 Å². The maximum absolute atomic E-state index is 13.1. The molecule has 1 atom stereocenters. The number of hydrogen-bond donors (Lipinski definition) is 1. The second-order valence-corrected chi connectivity index (χ2v) is 7.35. The Hall–Kier alpha value is -3.38. The average molecular weight is 406 g/mol. The van der Waals surface area contributed by atoms with E-state index in [0.717, 1.165) is 5.56 Å². The van der Waals surface area contributed by atoms with Crippen molar-refractivity contribution in [3.63, 3.8) is 0 Å². The van der Waals surface area contributed by atoms with E-state index in [4.69, 9.17) is 4.74 Å².